The zero-order chi connectivity index (χ0) is 5.91. The molecule has 0 aromatic rings. The highest BCUT2D eigenvalue weighted by Crippen LogP contribution is 1.85. The lowest BCUT2D eigenvalue weighted by Crippen LogP contribution is -2.45. The van der Waals surface area contributed by atoms with Gasteiger partial charge in [-0.2, -0.15) is 0 Å². The Morgan fingerprint density at radius 1 is 1.50 bits per heavy atom. The predicted molar refractivity (Wildman–Crippen MR) is 25.8 cm³/mol. The molecule has 0 aliphatic heterocycles. The van der Waals surface area contributed by atoms with Crippen molar-refractivity contribution < 1.29 is 20.0 Å². The molecule has 0 unspecified atom stereocenters. The van der Waals surface area contributed by atoms with E-state index in [2.05, 4.69) is 5.32 Å². The molecule has 0 heterocycles. The van der Waals surface area contributed by atoms with Crippen molar-refractivity contribution in [2.24, 2.45) is 0 Å². The van der Waals surface area contributed by atoms with Crippen LogP contribution < -0.4 is 5.32 Å². The fourth-order valence-electron chi connectivity index (χ4n) is 0.0791. The molecule has 0 aliphatic carbocycles. The Kier molecular flexibility index (Phi) is 4.99. The summed E-state index contributed by atoms with van der Waals surface area (Å²) in [5.41, 5.74) is 0. The molecule has 0 amide bonds. The molecule has 4 nitrogen and oxygen atoms in total. The van der Waals surface area contributed by atoms with Crippen LogP contribution in [-0.2, 0) is 0 Å². The SMILES string of the molecule is CNC(O)(O)CO.F. The number of aliphatic hydroxyl groups excluding tert-OH is 1. The van der Waals surface area contributed by atoms with Gasteiger partial charge in [0.2, 0.25) is 5.91 Å². The van der Waals surface area contributed by atoms with E-state index in [-0.39, 0.29) is 4.70 Å². The third kappa shape index (κ3) is 3.94. The largest absolute Gasteiger partial charge is 0.389 e. The number of halogens is 1. The number of hydrogen-bond acceptors (Lipinski definition) is 4. The second-order valence-electron chi connectivity index (χ2n) is 1.22. The third-order valence-electron chi connectivity index (χ3n) is 0.621. The summed E-state index contributed by atoms with van der Waals surface area (Å²) in [6.07, 6.45) is 0. The van der Waals surface area contributed by atoms with E-state index in [9.17, 15) is 0 Å². The summed E-state index contributed by atoms with van der Waals surface area (Å²) in [5.74, 6) is -2.11. The van der Waals surface area contributed by atoms with Gasteiger partial charge in [0.05, 0.1) is 0 Å². The first kappa shape index (κ1) is 10.7. The van der Waals surface area contributed by atoms with Gasteiger partial charge in [0.15, 0.2) is 0 Å². The molecule has 0 fully saturated rings. The molecule has 0 saturated carbocycles. The lowest BCUT2D eigenvalue weighted by atomic mass is 10.5. The van der Waals surface area contributed by atoms with Crippen molar-refractivity contribution in [1.29, 1.82) is 0 Å². The molecule has 4 N–H and O–H groups in total. The Hall–Kier alpha value is -0.230. The maximum atomic E-state index is 8.33. The molecule has 0 radical (unpaired) electrons. The number of likely N-dealkylation sites (N-methyl/N-ethyl adjacent to an activating group) is 1. The van der Waals surface area contributed by atoms with Crippen molar-refractivity contribution in [3.63, 3.8) is 0 Å². The molecule has 5 heteroatoms. The van der Waals surface area contributed by atoms with Gasteiger partial charge in [0.25, 0.3) is 0 Å². The van der Waals surface area contributed by atoms with E-state index in [4.69, 9.17) is 15.3 Å². The first-order chi connectivity index (χ1) is 3.12. The number of nitrogens with one attached hydrogen (secondary N) is 1. The highest BCUT2D eigenvalue weighted by atomic mass is 19.0. The number of rotatable bonds is 2. The summed E-state index contributed by atoms with van der Waals surface area (Å²) >= 11 is 0. The maximum Gasteiger partial charge on any atom is 0.246 e. The van der Waals surface area contributed by atoms with Crippen LogP contribution in [0.1, 0.15) is 0 Å². The lowest BCUT2D eigenvalue weighted by Gasteiger charge is -2.15. The van der Waals surface area contributed by atoms with Gasteiger partial charge in [-0.15, -0.1) is 0 Å². The van der Waals surface area contributed by atoms with Gasteiger partial charge in [-0.05, 0) is 7.05 Å². The van der Waals surface area contributed by atoms with E-state index in [1.807, 2.05) is 0 Å². The van der Waals surface area contributed by atoms with Crippen molar-refractivity contribution in [3.8, 4) is 0 Å². The average molecular weight is 127 g/mol. The van der Waals surface area contributed by atoms with Crippen LogP contribution >= 0.6 is 0 Å². The monoisotopic (exact) mass is 127 g/mol. The van der Waals surface area contributed by atoms with Crippen molar-refractivity contribution in [2.75, 3.05) is 13.7 Å². The van der Waals surface area contributed by atoms with Crippen LogP contribution in [-0.4, -0.2) is 34.9 Å². The standard InChI is InChI=1S/C3H9NO3.FH/c1-4-3(6,7)2-5;/h4-7H,2H2,1H3;1H. The summed E-state index contributed by atoms with van der Waals surface area (Å²) in [6, 6.07) is 0. The minimum Gasteiger partial charge on any atom is -0.389 e. The van der Waals surface area contributed by atoms with Crippen LogP contribution in [0, 0.1) is 0 Å². The molecule has 8 heavy (non-hydrogen) atoms. The van der Waals surface area contributed by atoms with E-state index >= 15 is 0 Å². The minimum absolute atomic E-state index is 0. The topological polar surface area (TPSA) is 72.7 Å². The van der Waals surface area contributed by atoms with Crippen LogP contribution in [0.3, 0.4) is 0 Å². The van der Waals surface area contributed by atoms with E-state index in [0.29, 0.717) is 0 Å². The molecule has 0 spiro atoms. The summed E-state index contributed by atoms with van der Waals surface area (Å²) in [5, 5.41) is 26.7. The first-order valence-electron chi connectivity index (χ1n) is 1.87. The Balaban J connectivity index is 0. The van der Waals surface area contributed by atoms with Gasteiger partial charge in [-0.25, -0.2) is 0 Å². The van der Waals surface area contributed by atoms with Crippen molar-refractivity contribution >= 4 is 0 Å². The van der Waals surface area contributed by atoms with Gasteiger partial charge in [0, 0.05) is 0 Å². The Morgan fingerprint density at radius 2 is 1.88 bits per heavy atom. The molecule has 0 rings (SSSR count). The maximum absolute atomic E-state index is 8.33. The summed E-state index contributed by atoms with van der Waals surface area (Å²) in [4.78, 5) is 0. The van der Waals surface area contributed by atoms with Crippen LogP contribution in [0.15, 0.2) is 0 Å². The molecule has 0 aliphatic rings. The molecular weight excluding hydrogens is 117 g/mol. The number of aliphatic hydroxyl groups is 3. The summed E-state index contributed by atoms with van der Waals surface area (Å²) < 4.78 is 0. The highest BCUT2D eigenvalue weighted by Gasteiger charge is 2.16. The van der Waals surface area contributed by atoms with Gasteiger partial charge in [-0.1, -0.05) is 0 Å². The smallest absolute Gasteiger partial charge is 0.246 e. The van der Waals surface area contributed by atoms with Crippen LogP contribution in [0.5, 0.6) is 0 Å². The van der Waals surface area contributed by atoms with Crippen LogP contribution in [0.25, 0.3) is 0 Å². The Morgan fingerprint density at radius 3 is 1.88 bits per heavy atom. The summed E-state index contributed by atoms with van der Waals surface area (Å²) in [7, 11) is 1.33. The second kappa shape index (κ2) is 3.73. The molecule has 0 aromatic heterocycles. The molecule has 0 saturated heterocycles. The van der Waals surface area contributed by atoms with E-state index < -0.39 is 12.5 Å². The fraction of sp³-hybridized carbons (Fsp3) is 1.00. The van der Waals surface area contributed by atoms with E-state index in [0.717, 1.165) is 0 Å². The van der Waals surface area contributed by atoms with Gasteiger partial charge in [0.1, 0.15) is 6.61 Å². The molecule has 0 aromatic carbocycles. The lowest BCUT2D eigenvalue weighted by molar-refractivity contribution is -0.204. The first-order valence-corrected chi connectivity index (χ1v) is 1.87. The molecule has 0 bridgehead atoms. The molecule has 52 valence electrons. The zero-order valence-corrected chi connectivity index (χ0v) is 4.46. The van der Waals surface area contributed by atoms with Crippen LogP contribution in [0.4, 0.5) is 4.70 Å². The van der Waals surface area contributed by atoms with E-state index in [1.54, 1.807) is 0 Å². The van der Waals surface area contributed by atoms with E-state index in [1.165, 1.54) is 7.05 Å². The molecular formula is C3H10FNO3. The van der Waals surface area contributed by atoms with Crippen molar-refractivity contribution in [2.45, 2.75) is 5.91 Å². The van der Waals surface area contributed by atoms with Gasteiger partial charge in [-0.3, -0.25) is 10.0 Å². The second-order valence-corrected chi connectivity index (χ2v) is 1.22. The number of hydrogen-bond donors (Lipinski definition) is 4. The van der Waals surface area contributed by atoms with Crippen molar-refractivity contribution in [1.82, 2.24) is 5.32 Å². The Bertz CT molecular complexity index is 52.5. The highest BCUT2D eigenvalue weighted by molar-refractivity contribution is 4.51. The minimum atomic E-state index is -2.11. The predicted octanol–water partition coefficient (Wildman–Crippen LogP) is -2.01. The normalized spacial score (nSPS) is 10.5. The third-order valence-corrected chi connectivity index (χ3v) is 0.621. The summed E-state index contributed by atoms with van der Waals surface area (Å²) in [6.45, 7) is -0.705. The van der Waals surface area contributed by atoms with Gasteiger partial charge < -0.3 is 15.3 Å². The molecule has 0 atom stereocenters. The fourth-order valence-corrected chi connectivity index (χ4v) is 0.0791. The average Bonchev–Trinajstić information content (AvgIpc) is 1.68. The quantitative estimate of drug-likeness (QED) is 0.323. The van der Waals surface area contributed by atoms with Gasteiger partial charge >= 0.3 is 0 Å². The Labute approximate surface area is 46.1 Å². The van der Waals surface area contributed by atoms with Crippen LogP contribution in [0.2, 0.25) is 0 Å². The van der Waals surface area contributed by atoms with Crippen molar-refractivity contribution in [3.05, 3.63) is 0 Å². The zero-order valence-electron chi connectivity index (χ0n) is 4.46.